The van der Waals surface area contributed by atoms with Gasteiger partial charge in [-0.2, -0.15) is 0 Å². The van der Waals surface area contributed by atoms with Crippen LogP contribution in [0.3, 0.4) is 0 Å². The summed E-state index contributed by atoms with van der Waals surface area (Å²) < 4.78 is 0. The van der Waals surface area contributed by atoms with Crippen molar-refractivity contribution in [3.05, 3.63) is 23.4 Å². The van der Waals surface area contributed by atoms with Gasteiger partial charge in [0.05, 0.1) is 0 Å². The lowest BCUT2D eigenvalue weighted by Gasteiger charge is -2.09. The van der Waals surface area contributed by atoms with Crippen molar-refractivity contribution in [2.75, 3.05) is 11.9 Å². The van der Waals surface area contributed by atoms with E-state index in [0.29, 0.717) is 5.92 Å². The minimum atomic E-state index is 0.655. The van der Waals surface area contributed by atoms with Crippen molar-refractivity contribution in [1.29, 1.82) is 0 Å². The van der Waals surface area contributed by atoms with Crippen LogP contribution in [0.2, 0.25) is 0 Å². The summed E-state index contributed by atoms with van der Waals surface area (Å²) in [5.74, 6) is 1.65. The van der Waals surface area contributed by atoms with Crippen LogP contribution in [0.15, 0.2) is 12.1 Å². The zero-order valence-corrected chi connectivity index (χ0v) is 8.89. The van der Waals surface area contributed by atoms with Gasteiger partial charge in [-0.25, -0.2) is 4.98 Å². The van der Waals surface area contributed by atoms with Crippen molar-refractivity contribution >= 4 is 5.82 Å². The van der Waals surface area contributed by atoms with Gasteiger partial charge in [0.25, 0.3) is 0 Å². The van der Waals surface area contributed by atoms with Crippen LogP contribution in [0.5, 0.6) is 0 Å². The van der Waals surface area contributed by atoms with E-state index in [0.717, 1.165) is 18.1 Å². The summed E-state index contributed by atoms with van der Waals surface area (Å²) in [6.45, 7) is 9.48. The predicted octanol–water partition coefficient (Wildman–Crippen LogP) is 2.77. The van der Waals surface area contributed by atoms with E-state index in [-0.39, 0.29) is 0 Å². The molecule has 1 aromatic rings. The molecule has 0 radical (unpaired) electrons. The average molecular weight is 178 g/mol. The van der Waals surface area contributed by atoms with Crippen LogP contribution in [0.4, 0.5) is 5.82 Å². The highest BCUT2D eigenvalue weighted by atomic mass is 15.0. The molecule has 2 heteroatoms. The Morgan fingerprint density at radius 3 is 2.54 bits per heavy atom. The lowest BCUT2D eigenvalue weighted by atomic mass is 10.2. The Bertz CT molecular complexity index is 259. The van der Waals surface area contributed by atoms with Gasteiger partial charge in [-0.3, -0.25) is 0 Å². The van der Waals surface area contributed by atoms with Gasteiger partial charge in [0.15, 0.2) is 0 Å². The Kier molecular flexibility index (Phi) is 3.29. The number of pyridine rings is 1. The molecule has 0 amide bonds. The molecule has 0 aromatic carbocycles. The summed E-state index contributed by atoms with van der Waals surface area (Å²) in [5.41, 5.74) is 2.34. The largest absolute Gasteiger partial charge is 0.370 e. The first-order chi connectivity index (χ1) is 6.08. The number of anilines is 1. The van der Waals surface area contributed by atoms with Gasteiger partial charge < -0.3 is 5.32 Å². The lowest BCUT2D eigenvalue weighted by molar-refractivity contribution is 0.686. The van der Waals surface area contributed by atoms with Crippen LogP contribution in [0, 0.1) is 19.8 Å². The second-order valence-corrected chi connectivity index (χ2v) is 3.95. The fourth-order valence-electron chi connectivity index (χ4n) is 1.24. The number of aryl methyl sites for hydroxylation is 2. The first kappa shape index (κ1) is 10.0. The fourth-order valence-corrected chi connectivity index (χ4v) is 1.24. The van der Waals surface area contributed by atoms with E-state index in [4.69, 9.17) is 0 Å². The molecule has 0 aliphatic carbocycles. The van der Waals surface area contributed by atoms with E-state index in [1.807, 2.05) is 6.92 Å². The molecule has 0 aliphatic heterocycles. The fraction of sp³-hybridized carbons (Fsp3) is 0.545. The number of nitrogens with one attached hydrogen (secondary N) is 1. The predicted molar refractivity (Wildman–Crippen MR) is 57.0 cm³/mol. The van der Waals surface area contributed by atoms with Crippen molar-refractivity contribution < 1.29 is 0 Å². The quantitative estimate of drug-likeness (QED) is 0.769. The Labute approximate surface area is 80.4 Å². The minimum Gasteiger partial charge on any atom is -0.370 e. The number of aromatic nitrogens is 1. The molecule has 0 fully saturated rings. The molecule has 0 atom stereocenters. The van der Waals surface area contributed by atoms with E-state index < -0.39 is 0 Å². The molecule has 0 saturated heterocycles. The van der Waals surface area contributed by atoms with Crippen molar-refractivity contribution in [2.24, 2.45) is 5.92 Å². The smallest absolute Gasteiger partial charge is 0.126 e. The van der Waals surface area contributed by atoms with Crippen LogP contribution in [0.1, 0.15) is 25.1 Å². The minimum absolute atomic E-state index is 0.655. The molecule has 0 saturated carbocycles. The first-order valence-electron chi connectivity index (χ1n) is 4.77. The highest BCUT2D eigenvalue weighted by molar-refractivity contribution is 5.38. The van der Waals surface area contributed by atoms with Crippen molar-refractivity contribution in [3.63, 3.8) is 0 Å². The molecule has 72 valence electrons. The van der Waals surface area contributed by atoms with Gasteiger partial charge in [-0.15, -0.1) is 0 Å². The highest BCUT2D eigenvalue weighted by Crippen LogP contribution is 2.09. The number of hydrogen-bond donors (Lipinski definition) is 1. The Hall–Kier alpha value is -1.05. The third-order valence-corrected chi connectivity index (χ3v) is 1.79. The van der Waals surface area contributed by atoms with Crippen LogP contribution < -0.4 is 5.32 Å². The Morgan fingerprint density at radius 2 is 2.00 bits per heavy atom. The summed E-state index contributed by atoms with van der Waals surface area (Å²) in [6.07, 6.45) is 0. The molecular formula is C11H18N2. The topological polar surface area (TPSA) is 24.9 Å². The summed E-state index contributed by atoms with van der Waals surface area (Å²) in [5, 5.41) is 3.31. The van der Waals surface area contributed by atoms with Crippen molar-refractivity contribution in [1.82, 2.24) is 4.98 Å². The zero-order chi connectivity index (χ0) is 9.84. The molecule has 0 unspecified atom stereocenters. The standard InChI is InChI=1S/C11H18N2/c1-8(2)7-12-11-6-9(3)5-10(4)13-11/h5-6,8H,7H2,1-4H3,(H,12,13). The summed E-state index contributed by atoms with van der Waals surface area (Å²) in [7, 11) is 0. The van der Waals surface area contributed by atoms with Crippen LogP contribution in [-0.4, -0.2) is 11.5 Å². The van der Waals surface area contributed by atoms with Crippen LogP contribution >= 0.6 is 0 Å². The van der Waals surface area contributed by atoms with Crippen LogP contribution in [-0.2, 0) is 0 Å². The Balaban J connectivity index is 2.66. The van der Waals surface area contributed by atoms with E-state index in [1.165, 1.54) is 5.56 Å². The molecule has 1 heterocycles. The van der Waals surface area contributed by atoms with Crippen molar-refractivity contribution in [3.8, 4) is 0 Å². The van der Waals surface area contributed by atoms with E-state index in [1.54, 1.807) is 0 Å². The molecule has 13 heavy (non-hydrogen) atoms. The summed E-state index contributed by atoms with van der Waals surface area (Å²) >= 11 is 0. The second kappa shape index (κ2) is 4.26. The van der Waals surface area contributed by atoms with E-state index in [2.05, 4.69) is 43.2 Å². The number of nitrogens with zero attached hydrogens (tertiary/aromatic N) is 1. The van der Waals surface area contributed by atoms with Gasteiger partial charge in [-0.1, -0.05) is 13.8 Å². The van der Waals surface area contributed by atoms with E-state index >= 15 is 0 Å². The van der Waals surface area contributed by atoms with E-state index in [9.17, 15) is 0 Å². The molecule has 1 rings (SSSR count). The Morgan fingerprint density at radius 1 is 1.31 bits per heavy atom. The lowest BCUT2D eigenvalue weighted by Crippen LogP contribution is -2.09. The maximum absolute atomic E-state index is 4.39. The molecule has 2 nitrogen and oxygen atoms in total. The number of hydrogen-bond acceptors (Lipinski definition) is 2. The zero-order valence-electron chi connectivity index (χ0n) is 8.89. The normalized spacial score (nSPS) is 10.5. The maximum Gasteiger partial charge on any atom is 0.126 e. The molecule has 1 N–H and O–H groups in total. The maximum atomic E-state index is 4.39. The highest BCUT2D eigenvalue weighted by Gasteiger charge is 1.97. The molecule has 0 spiro atoms. The third kappa shape index (κ3) is 3.45. The molecule has 0 aliphatic rings. The number of rotatable bonds is 3. The van der Waals surface area contributed by atoms with Gasteiger partial charge in [0, 0.05) is 12.2 Å². The first-order valence-corrected chi connectivity index (χ1v) is 4.77. The van der Waals surface area contributed by atoms with Crippen molar-refractivity contribution in [2.45, 2.75) is 27.7 Å². The molecule has 0 bridgehead atoms. The van der Waals surface area contributed by atoms with Gasteiger partial charge >= 0.3 is 0 Å². The SMILES string of the molecule is Cc1cc(C)nc(NCC(C)C)c1. The van der Waals surface area contributed by atoms with Gasteiger partial charge in [0.2, 0.25) is 0 Å². The average Bonchev–Trinajstić information content (AvgIpc) is 1.99. The monoisotopic (exact) mass is 178 g/mol. The summed E-state index contributed by atoms with van der Waals surface area (Å²) in [6, 6.07) is 4.16. The molecular weight excluding hydrogens is 160 g/mol. The van der Waals surface area contributed by atoms with Gasteiger partial charge in [0.1, 0.15) is 5.82 Å². The summed E-state index contributed by atoms with van der Waals surface area (Å²) in [4.78, 5) is 4.39. The molecule has 1 aromatic heterocycles. The van der Waals surface area contributed by atoms with Gasteiger partial charge in [-0.05, 0) is 37.5 Å². The second-order valence-electron chi connectivity index (χ2n) is 3.95. The van der Waals surface area contributed by atoms with Crippen LogP contribution in [0.25, 0.3) is 0 Å². The third-order valence-electron chi connectivity index (χ3n) is 1.79.